The van der Waals surface area contributed by atoms with Crippen molar-refractivity contribution in [3.8, 4) is 23.2 Å². The van der Waals surface area contributed by atoms with E-state index in [0.717, 1.165) is 5.56 Å². The van der Waals surface area contributed by atoms with Crippen LogP contribution < -0.4 is 10.5 Å². The van der Waals surface area contributed by atoms with Crippen LogP contribution in [0.15, 0.2) is 24.3 Å². The van der Waals surface area contributed by atoms with Gasteiger partial charge in [0, 0.05) is 6.54 Å². The fraction of sp³-hybridized carbons (Fsp3) is 0.333. The highest BCUT2D eigenvalue weighted by Gasteiger charge is 2.13. The Morgan fingerprint density at radius 3 is 2.90 bits per heavy atom. The summed E-state index contributed by atoms with van der Waals surface area (Å²) >= 11 is 0. The van der Waals surface area contributed by atoms with Crippen LogP contribution in [-0.2, 0) is 6.54 Å². The summed E-state index contributed by atoms with van der Waals surface area (Å²) in [6.07, 6.45) is 0.351. The van der Waals surface area contributed by atoms with E-state index in [4.69, 9.17) is 15.7 Å². The fourth-order valence-corrected chi connectivity index (χ4v) is 1.65. The molecule has 0 saturated carbocycles. The van der Waals surface area contributed by atoms with E-state index in [1.807, 2.05) is 24.3 Å². The molecule has 2 aromatic rings. The summed E-state index contributed by atoms with van der Waals surface area (Å²) in [5, 5.41) is 20.1. The van der Waals surface area contributed by atoms with Crippen LogP contribution in [0.1, 0.15) is 6.42 Å². The summed E-state index contributed by atoms with van der Waals surface area (Å²) in [7, 11) is 0. The van der Waals surface area contributed by atoms with Gasteiger partial charge in [-0.05, 0) is 22.6 Å². The van der Waals surface area contributed by atoms with Gasteiger partial charge < -0.3 is 10.5 Å². The van der Waals surface area contributed by atoms with E-state index >= 15 is 0 Å². The van der Waals surface area contributed by atoms with E-state index in [2.05, 4.69) is 21.6 Å². The second kappa shape index (κ2) is 8.09. The molecule has 0 aliphatic rings. The molecule has 0 bridgehead atoms. The predicted molar refractivity (Wildman–Crippen MR) is 75.3 cm³/mol. The fourth-order valence-electron chi connectivity index (χ4n) is 1.65. The number of halogens is 1. The Hall–Kier alpha value is -2.17. The van der Waals surface area contributed by atoms with E-state index < -0.39 is 0 Å². The molecule has 0 aliphatic heterocycles. The zero-order valence-corrected chi connectivity index (χ0v) is 11.6. The Morgan fingerprint density at radius 1 is 1.35 bits per heavy atom. The van der Waals surface area contributed by atoms with Gasteiger partial charge in [0.25, 0.3) is 0 Å². The topological polar surface area (TPSA) is 103 Å². The molecule has 0 saturated heterocycles. The van der Waals surface area contributed by atoms with E-state index in [-0.39, 0.29) is 12.4 Å². The average Bonchev–Trinajstić information content (AvgIpc) is 2.91. The number of nitrogens with two attached hydrogens (primary N) is 1. The van der Waals surface area contributed by atoms with Crippen LogP contribution in [0.2, 0.25) is 0 Å². The number of nitrogens with zero attached hydrogens (tertiary/aromatic N) is 5. The summed E-state index contributed by atoms with van der Waals surface area (Å²) in [6.45, 7) is 1.31. The van der Waals surface area contributed by atoms with Gasteiger partial charge in [0.15, 0.2) is 5.82 Å². The molecule has 0 aliphatic carbocycles. The van der Waals surface area contributed by atoms with Crippen molar-refractivity contribution in [3.05, 3.63) is 24.3 Å². The van der Waals surface area contributed by atoms with Gasteiger partial charge in [-0.15, -0.1) is 17.5 Å². The van der Waals surface area contributed by atoms with Gasteiger partial charge >= 0.3 is 0 Å². The molecule has 0 fully saturated rings. The number of nitriles is 1. The van der Waals surface area contributed by atoms with Crippen LogP contribution in [0.4, 0.5) is 0 Å². The number of ether oxygens (including phenoxy) is 1. The first-order valence-electron chi connectivity index (χ1n) is 5.92. The van der Waals surface area contributed by atoms with Gasteiger partial charge in [-0.3, -0.25) is 0 Å². The highest BCUT2D eigenvalue weighted by atomic mass is 35.5. The molecule has 20 heavy (non-hydrogen) atoms. The van der Waals surface area contributed by atoms with Gasteiger partial charge in [0.1, 0.15) is 12.4 Å². The Bertz CT molecular complexity index is 579. The lowest BCUT2D eigenvalue weighted by atomic mass is 10.2. The number of benzene rings is 1. The van der Waals surface area contributed by atoms with Gasteiger partial charge in [-0.25, -0.2) is 4.68 Å². The molecule has 2 rings (SSSR count). The maximum absolute atomic E-state index is 8.63. The minimum absolute atomic E-state index is 0. The number of para-hydroxylation sites is 1. The largest absolute Gasteiger partial charge is 0.492 e. The number of rotatable bonds is 6. The van der Waals surface area contributed by atoms with Crippen molar-refractivity contribution in [2.75, 3.05) is 13.2 Å². The van der Waals surface area contributed by atoms with Crippen LogP contribution in [0.25, 0.3) is 11.4 Å². The molecule has 1 aromatic heterocycles. The van der Waals surface area contributed by atoms with Crippen molar-refractivity contribution in [1.29, 1.82) is 5.26 Å². The predicted octanol–water partition coefficient (Wildman–Crippen LogP) is 1.01. The average molecular weight is 295 g/mol. The molecular formula is C12H15ClN6O. The minimum atomic E-state index is 0. The van der Waals surface area contributed by atoms with Crippen molar-refractivity contribution in [3.63, 3.8) is 0 Å². The SMILES string of the molecule is Cl.N#CCCn1nnnc1-c1ccccc1OCCN. The van der Waals surface area contributed by atoms with Gasteiger partial charge in [0.05, 0.1) is 24.6 Å². The van der Waals surface area contributed by atoms with Crippen LogP contribution in [0, 0.1) is 11.3 Å². The molecule has 0 radical (unpaired) electrons. The maximum atomic E-state index is 8.63. The van der Waals surface area contributed by atoms with Gasteiger partial charge in [0.2, 0.25) is 0 Å². The van der Waals surface area contributed by atoms with Crippen molar-refractivity contribution >= 4 is 12.4 Å². The Kier molecular flexibility index (Phi) is 6.43. The summed E-state index contributed by atoms with van der Waals surface area (Å²) < 4.78 is 7.16. The number of tetrazole rings is 1. The highest BCUT2D eigenvalue weighted by Crippen LogP contribution is 2.27. The lowest BCUT2D eigenvalue weighted by molar-refractivity contribution is 0.329. The minimum Gasteiger partial charge on any atom is -0.492 e. The number of aromatic nitrogens is 4. The molecule has 8 heteroatoms. The maximum Gasteiger partial charge on any atom is 0.185 e. The van der Waals surface area contributed by atoms with Crippen LogP contribution in [0.3, 0.4) is 0 Å². The van der Waals surface area contributed by atoms with E-state index in [9.17, 15) is 0 Å². The van der Waals surface area contributed by atoms with Crippen LogP contribution in [0.5, 0.6) is 5.75 Å². The molecule has 1 aromatic carbocycles. The van der Waals surface area contributed by atoms with Gasteiger partial charge in [-0.2, -0.15) is 5.26 Å². The highest BCUT2D eigenvalue weighted by molar-refractivity contribution is 5.85. The summed E-state index contributed by atoms with van der Waals surface area (Å²) in [5.74, 6) is 1.27. The second-order valence-corrected chi connectivity index (χ2v) is 3.77. The zero-order valence-electron chi connectivity index (χ0n) is 10.8. The second-order valence-electron chi connectivity index (χ2n) is 3.77. The van der Waals surface area contributed by atoms with Crippen molar-refractivity contribution in [2.24, 2.45) is 5.73 Å². The molecule has 0 unspecified atom stereocenters. The molecule has 0 atom stereocenters. The summed E-state index contributed by atoms with van der Waals surface area (Å²) in [4.78, 5) is 0. The Morgan fingerprint density at radius 2 is 2.15 bits per heavy atom. The van der Waals surface area contributed by atoms with Crippen molar-refractivity contribution in [2.45, 2.75) is 13.0 Å². The lowest BCUT2D eigenvalue weighted by Crippen LogP contribution is -2.11. The molecular weight excluding hydrogens is 280 g/mol. The first kappa shape index (κ1) is 15.9. The lowest BCUT2D eigenvalue weighted by Gasteiger charge is -2.10. The van der Waals surface area contributed by atoms with Crippen LogP contribution in [-0.4, -0.2) is 33.4 Å². The first-order valence-corrected chi connectivity index (χ1v) is 5.92. The molecule has 106 valence electrons. The van der Waals surface area contributed by atoms with E-state index in [1.54, 1.807) is 4.68 Å². The third-order valence-electron chi connectivity index (χ3n) is 2.47. The zero-order chi connectivity index (χ0) is 13.5. The number of aryl methyl sites for hydroxylation is 1. The Labute approximate surface area is 122 Å². The number of hydrogen-bond donors (Lipinski definition) is 1. The monoisotopic (exact) mass is 294 g/mol. The van der Waals surface area contributed by atoms with Gasteiger partial charge in [-0.1, -0.05) is 12.1 Å². The molecule has 0 amide bonds. The van der Waals surface area contributed by atoms with E-state index in [1.165, 1.54) is 0 Å². The summed E-state index contributed by atoms with van der Waals surface area (Å²) in [6, 6.07) is 9.54. The molecule has 1 heterocycles. The van der Waals surface area contributed by atoms with Crippen molar-refractivity contribution in [1.82, 2.24) is 20.2 Å². The Balaban J connectivity index is 0.00000200. The van der Waals surface area contributed by atoms with Crippen LogP contribution >= 0.6 is 12.4 Å². The standard InChI is InChI=1S/C12H14N6O.ClH/c13-6-3-8-18-12(15-16-17-18)10-4-1-2-5-11(10)19-9-7-14;/h1-2,4-5H,3,7-9,14H2;1H. The van der Waals surface area contributed by atoms with Crippen molar-refractivity contribution < 1.29 is 4.74 Å². The quantitative estimate of drug-likeness (QED) is 0.853. The summed E-state index contributed by atoms with van der Waals surface area (Å²) in [5.41, 5.74) is 6.22. The van der Waals surface area contributed by atoms with E-state index in [0.29, 0.717) is 37.7 Å². The normalized spacial score (nSPS) is 9.60. The third kappa shape index (κ3) is 3.66. The first-order chi connectivity index (χ1) is 9.36. The smallest absolute Gasteiger partial charge is 0.185 e. The number of hydrogen-bond acceptors (Lipinski definition) is 6. The molecule has 7 nitrogen and oxygen atoms in total. The molecule has 0 spiro atoms. The molecule has 2 N–H and O–H groups in total. The third-order valence-corrected chi connectivity index (χ3v) is 2.47.